The standard InChI is InChI=1S/C15H30N2O/c1-10(2)9-17(11(3)4)15(18)13-6-7-14(16)12(5)8-13/h10-14H,6-9,16H2,1-5H3. The Bertz CT molecular complexity index is 276. The third-order valence-electron chi connectivity index (χ3n) is 4.05. The van der Waals surface area contributed by atoms with E-state index in [4.69, 9.17) is 5.73 Å². The molecule has 3 atom stereocenters. The molecule has 0 aromatic heterocycles. The Morgan fingerprint density at radius 3 is 2.33 bits per heavy atom. The van der Waals surface area contributed by atoms with Gasteiger partial charge in [-0.1, -0.05) is 20.8 Å². The maximum Gasteiger partial charge on any atom is 0.225 e. The molecule has 0 saturated heterocycles. The zero-order chi connectivity index (χ0) is 13.9. The summed E-state index contributed by atoms with van der Waals surface area (Å²) in [5, 5.41) is 0. The van der Waals surface area contributed by atoms with Crippen molar-refractivity contribution in [3.8, 4) is 0 Å². The van der Waals surface area contributed by atoms with E-state index < -0.39 is 0 Å². The quantitative estimate of drug-likeness (QED) is 0.838. The van der Waals surface area contributed by atoms with Crippen molar-refractivity contribution >= 4 is 5.91 Å². The van der Waals surface area contributed by atoms with E-state index in [9.17, 15) is 4.79 Å². The first-order valence-corrected chi connectivity index (χ1v) is 7.39. The molecule has 3 nitrogen and oxygen atoms in total. The maximum atomic E-state index is 12.6. The highest BCUT2D eigenvalue weighted by molar-refractivity contribution is 5.79. The van der Waals surface area contributed by atoms with Gasteiger partial charge in [0.1, 0.15) is 0 Å². The molecular formula is C15H30N2O. The van der Waals surface area contributed by atoms with Crippen LogP contribution in [0.1, 0.15) is 53.9 Å². The molecule has 3 unspecified atom stereocenters. The van der Waals surface area contributed by atoms with Crippen molar-refractivity contribution in [3.63, 3.8) is 0 Å². The fourth-order valence-corrected chi connectivity index (χ4v) is 2.83. The second kappa shape index (κ2) is 6.55. The molecule has 1 saturated carbocycles. The lowest BCUT2D eigenvalue weighted by molar-refractivity contribution is -0.139. The molecule has 1 amide bonds. The third kappa shape index (κ3) is 3.98. The molecule has 106 valence electrons. The summed E-state index contributed by atoms with van der Waals surface area (Å²) in [6.07, 6.45) is 2.91. The van der Waals surface area contributed by atoms with E-state index in [2.05, 4.69) is 39.5 Å². The molecule has 1 fully saturated rings. The molecule has 0 aliphatic heterocycles. The van der Waals surface area contributed by atoms with Crippen LogP contribution >= 0.6 is 0 Å². The predicted molar refractivity (Wildman–Crippen MR) is 76.2 cm³/mol. The van der Waals surface area contributed by atoms with E-state index in [0.717, 1.165) is 25.8 Å². The van der Waals surface area contributed by atoms with Crippen LogP contribution in [0.3, 0.4) is 0 Å². The fraction of sp³-hybridized carbons (Fsp3) is 0.933. The van der Waals surface area contributed by atoms with Crippen LogP contribution in [-0.2, 0) is 4.79 Å². The van der Waals surface area contributed by atoms with E-state index in [1.54, 1.807) is 0 Å². The highest BCUT2D eigenvalue weighted by Crippen LogP contribution is 2.30. The van der Waals surface area contributed by atoms with Crippen molar-refractivity contribution in [3.05, 3.63) is 0 Å². The Hall–Kier alpha value is -0.570. The van der Waals surface area contributed by atoms with Gasteiger partial charge in [-0.25, -0.2) is 0 Å². The van der Waals surface area contributed by atoms with Gasteiger partial charge in [0, 0.05) is 24.5 Å². The summed E-state index contributed by atoms with van der Waals surface area (Å²) >= 11 is 0. The second-order valence-electron chi connectivity index (χ2n) is 6.63. The minimum Gasteiger partial charge on any atom is -0.340 e. The molecule has 18 heavy (non-hydrogen) atoms. The molecule has 1 aliphatic carbocycles. The Morgan fingerprint density at radius 2 is 1.89 bits per heavy atom. The summed E-state index contributed by atoms with van der Waals surface area (Å²) < 4.78 is 0. The minimum absolute atomic E-state index is 0.195. The molecule has 1 rings (SSSR count). The molecule has 1 aliphatic rings. The Labute approximate surface area is 112 Å². The van der Waals surface area contributed by atoms with Crippen LogP contribution in [0.2, 0.25) is 0 Å². The van der Waals surface area contributed by atoms with Gasteiger partial charge in [-0.3, -0.25) is 4.79 Å². The first-order chi connectivity index (χ1) is 8.32. The normalized spacial score (nSPS) is 28.8. The summed E-state index contributed by atoms with van der Waals surface area (Å²) in [7, 11) is 0. The molecule has 0 spiro atoms. The molecule has 0 aromatic carbocycles. The number of hydrogen-bond donors (Lipinski definition) is 1. The van der Waals surface area contributed by atoms with Crippen molar-refractivity contribution in [2.24, 2.45) is 23.5 Å². The SMILES string of the molecule is CC(C)CN(C(=O)C1CCC(N)C(C)C1)C(C)C. The van der Waals surface area contributed by atoms with Crippen molar-refractivity contribution in [1.82, 2.24) is 4.90 Å². The zero-order valence-corrected chi connectivity index (χ0v) is 12.6. The summed E-state index contributed by atoms with van der Waals surface area (Å²) in [5.41, 5.74) is 6.03. The summed E-state index contributed by atoms with van der Waals surface area (Å²) in [6, 6.07) is 0.581. The monoisotopic (exact) mass is 254 g/mol. The van der Waals surface area contributed by atoms with Gasteiger partial charge in [-0.2, -0.15) is 0 Å². The van der Waals surface area contributed by atoms with Gasteiger partial charge >= 0.3 is 0 Å². The Balaban J connectivity index is 2.65. The molecular weight excluding hydrogens is 224 g/mol. The Morgan fingerprint density at radius 1 is 1.28 bits per heavy atom. The van der Waals surface area contributed by atoms with E-state index in [1.165, 1.54) is 0 Å². The van der Waals surface area contributed by atoms with Crippen molar-refractivity contribution < 1.29 is 4.79 Å². The van der Waals surface area contributed by atoms with Crippen molar-refractivity contribution in [2.45, 2.75) is 66.0 Å². The molecule has 2 N–H and O–H groups in total. The first-order valence-electron chi connectivity index (χ1n) is 7.39. The van der Waals surface area contributed by atoms with Gasteiger partial charge in [-0.05, 0) is 44.9 Å². The highest BCUT2D eigenvalue weighted by atomic mass is 16.2. The number of carbonyl (C=O) groups excluding carboxylic acids is 1. The van der Waals surface area contributed by atoms with Crippen molar-refractivity contribution in [2.75, 3.05) is 6.54 Å². The van der Waals surface area contributed by atoms with E-state index in [1.807, 2.05) is 0 Å². The summed E-state index contributed by atoms with van der Waals surface area (Å²) in [4.78, 5) is 14.7. The number of nitrogens with zero attached hydrogens (tertiary/aromatic N) is 1. The predicted octanol–water partition coefficient (Wildman–Crippen LogP) is 2.64. The summed E-state index contributed by atoms with van der Waals surface area (Å²) in [5.74, 6) is 1.54. The topological polar surface area (TPSA) is 46.3 Å². The number of rotatable bonds is 4. The van der Waals surface area contributed by atoms with Crippen LogP contribution in [0.5, 0.6) is 0 Å². The number of carbonyl (C=O) groups is 1. The number of nitrogens with two attached hydrogens (primary N) is 1. The lowest BCUT2D eigenvalue weighted by Gasteiger charge is -2.36. The van der Waals surface area contributed by atoms with Crippen LogP contribution in [-0.4, -0.2) is 29.4 Å². The average Bonchev–Trinajstić information content (AvgIpc) is 2.28. The van der Waals surface area contributed by atoms with Crippen molar-refractivity contribution in [1.29, 1.82) is 0 Å². The molecule has 3 heteroatoms. The third-order valence-corrected chi connectivity index (χ3v) is 4.05. The second-order valence-corrected chi connectivity index (χ2v) is 6.63. The zero-order valence-electron chi connectivity index (χ0n) is 12.6. The molecule has 0 bridgehead atoms. The lowest BCUT2D eigenvalue weighted by Crippen LogP contribution is -2.46. The van der Waals surface area contributed by atoms with E-state index in [0.29, 0.717) is 23.8 Å². The maximum absolute atomic E-state index is 12.6. The average molecular weight is 254 g/mol. The van der Waals surface area contributed by atoms with E-state index in [-0.39, 0.29) is 12.0 Å². The van der Waals surface area contributed by atoms with Gasteiger partial charge in [-0.15, -0.1) is 0 Å². The van der Waals surface area contributed by atoms with E-state index >= 15 is 0 Å². The molecule has 0 radical (unpaired) electrons. The minimum atomic E-state index is 0.195. The smallest absolute Gasteiger partial charge is 0.225 e. The van der Waals surface area contributed by atoms with Crippen LogP contribution in [0.4, 0.5) is 0 Å². The van der Waals surface area contributed by atoms with Crippen LogP contribution in [0.15, 0.2) is 0 Å². The van der Waals surface area contributed by atoms with Gasteiger partial charge in [0.25, 0.3) is 0 Å². The van der Waals surface area contributed by atoms with Gasteiger partial charge in [0.15, 0.2) is 0 Å². The van der Waals surface area contributed by atoms with Gasteiger partial charge < -0.3 is 10.6 Å². The molecule has 0 aromatic rings. The highest BCUT2D eigenvalue weighted by Gasteiger charge is 2.32. The fourth-order valence-electron chi connectivity index (χ4n) is 2.83. The first kappa shape index (κ1) is 15.5. The number of hydrogen-bond acceptors (Lipinski definition) is 2. The Kier molecular flexibility index (Phi) is 5.64. The van der Waals surface area contributed by atoms with Crippen LogP contribution in [0, 0.1) is 17.8 Å². The molecule has 0 heterocycles. The largest absolute Gasteiger partial charge is 0.340 e. The van der Waals surface area contributed by atoms with Crippen LogP contribution < -0.4 is 5.73 Å². The lowest BCUT2D eigenvalue weighted by atomic mass is 9.78. The van der Waals surface area contributed by atoms with Gasteiger partial charge in [0.05, 0.1) is 0 Å². The number of amides is 1. The van der Waals surface area contributed by atoms with Crippen LogP contribution in [0.25, 0.3) is 0 Å². The summed E-state index contributed by atoms with van der Waals surface area (Å²) in [6.45, 7) is 11.6. The van der Waals surface area contributed by atoms with Gasteiger partial charge in [0.2, 0.25) is 5.91 Å².